The molecular weight excluding hydrogens is 264 g/mol. The van der Waals surface area contributed by atoms with E-state index in [4.69, 9.17) is 0 Å². The van der Waals surface area contributed by atoms with Crippen LogP contribution >= 0.6 is 0 Å². The monoisotopic (exact) mass is 282 g/mol. The number of rotatable bonds is 3. The van der Waals surface area contributed by atoms with E-state index in [1.807, 2.05) is 40.2 Å². The Labute approximate surface area is 123 Å². The highest BCUT2D eigenvalue weighted by molar-refractivity contribution is 5.90. The Hall–Kier alpha value is -2.63. The van der Waals surface area contributed by atoms with E-state index in [1.165, 1.54) is 0 Å². The predicted molar refractivity (Wildman–Crippen MR) is 85.1 cm³/mol. The Bertz CT molecular complexity index is 773. The second-order valence-electron chi connectivity index (χ2n) is 5.20. The Morgan fingerprint density at radius 3 is 2.48 bits per heavy atom. The predicted octanol–water partition coefficient (Wildman–Crippen LogP) is 2.48. The number of benzene rings is 1. The second kappa shape index (κ2) is 5.05. The zero-order valence-electron chi connectivity index (χ0n) is 12.6. The number of fused-ring (bicyclic) bond motifs is 1. The summed E-state index contributed by atoms with van der Waals surface area (Å²) < 4.78 is 1.77. The van der Waals surface area contributed by atoms with Gasteiger partial charge in [-0.25, -0.2) is 9.97 Å². The van der Waals surface area contributed by atoms with Gasteiger partial charge in [0.05, 0.1) is 11.1 Å². The molecule has 0 amide bonds. The molecule has 0 atom stereocenters. The summed E-state index contributed by atoms with van der Waals surface area (Å²) in [6.45, 7) is 1.96. The average Bonchev–Trinajstić information content (AvgIpc) is 2.76. The van der Waals surface area contributed by atoms with Gasteiger partial charge in [0.15, 0.2) is 5.65 Å². The molecule has 1 aromatic carbocycles. The van der Waals surface area contributed by atoms with E-state index >= 15 is 0 Å². The topological polar surface area (TPSA) is 58.9 Å². The van der Waals surface area contributed by atoms with Crippen LogP contribution in [-0.4, -0.2) is 33.8 Å². The largest absolute Gasteiger partial charge is 0.378 e. The van der Waals surface area contributed by atoms with E-state index in [-0.39, 0.29) is 0 Å². The first-order valence-electron chi connectivity index (χ1n) is 6.75. The molecule has 0 fully saturated rings. The van der Waals surface area contributed by atoms with Gasteiger partial charge >= 0.3 is 0 Å². The number of aryl methyl sites for hydroxylation is 2. The van der Waals surface area contributed by atoms with Crippen molar-refractivity contribution in [3.05, 3.63) is 36.3 Å². The van der Waals surface area contributed by atoms with Gasteiger partial charge in [0.1, 0.15) is 12.1 Å². The fraction of sp³-hybridized carbons (Fsp3) is 0.267. The van der Waals surface area contributed by atoms with E-state index < -0.39 is 0 Å². The van der Waals surface area contributed by atoms with Crippen molar-refractivity contribution < 1.29 is 0 Å². The first-order chi connectivity index (χ1) is 10.1. The molecule has 2 aromatic heterocycles. The third-order valence-electron chi connectivity index (χ3n) is 3.44. The lowest BCUT2D eigenvalue weighted by Crippen LogP contribution is -2.08. The van der Waals surface area contributed by atoms with Gasteiger partial charge in [0.2, 0.25) is 0 Å². The van der Waals surface area contributed by atoms with Crippen LogP contribution in [0.3, 0.4) is 0 Å². The van der Waals surface area contributed by atoms with Crippen LogP contribution in [0, 0.1) is 6.92 Å². The molecule has 3 aromatic rings. The van der Waals surface area contributed by atoms with Crippen molar-refractivity contribution in [1.82, 2.24) is 19.7 Å². The molecule has 0 aliphatic heterocycles. The molecule has 0 unspecified atom stereocenters. The van der Waals surface area contributed by atoms with Gasteiger partial charge in [-0.15, -0.1) is 0 Å². The molecule has 21 heavy (non-hydrogen) atoms. The maximum Gasteiger partial charge on any atom is 0.163 e. The molecule has 0 aliphatic rings. The van der Waals surface area contributed by atoms with E-state index in [0.29, 0.717) is 0 Å². The molecule has 3 rings (SSSR count). The van der Waals surface area contributed by atoms with Crippen molar-refractivity contribution in [3.8, 4) is 0 Å². The van der Waals surface area contributed by atoms with Crippen LogP contribution in [0.5, 0.6) is 0 Å². The molecule has 2 heterocycles. The number of nitrogens with zero attached hydrogens (tertiary/aromatic N) is 5. The second-order valence-corrected chi connectivity index (χ2v) is 5.20. The molecule has 6 heteroatoms. The Morgan fingerprint density at radius 2 is 1.81 bits per heavy atom. The van der Waals surface area contributed by atoms with Crippen LogP contribution < -0.4 is 10.2 Å². The minimum absolute atomic E-state index is 0.781. The number of nitrogens with one attached hydrogen (secondary N) is 1. The van der Waals surface area contributed by atoms with Gasteiger partial charge < -0.3 is 10.2 Å². The molecule has 0 radical (unpaired) electrons. The number of hydrogen-bond acceptors (Lipinski definition) is 5. The minimum atomic E-state index is 0.781. The molecule has 0 spiro atoms. The summed E-state index contributed by atoms with van der Waals surface area (Å²) in [6, 6.07) is 8.21. The third-order valence-corrected chi connectivity index (χ3v) is 3.44. The smallest absolute Gasteiger partial charge is 0.163 e. The zero-order chi connectivity index (χ0) is 15.0. The van der Waals surface area contributed by atoms with Gasteiger partial charge in [-0.05, 0) is 31.2 Å². The van der Waals surface area contributed by atoms with E-state index in [9.17, 15) is 0 Å². The third kappa shape index (κ3) is 2.40. The molecule has 108 valence electrons. The normalized spacial score (nSPS) is 10.9. The van der Waals surface area contributed by atoms with E-state index in [0.717, 1.165) is 33.9 Å². The van der Waals surface area contributed by atoms with Crippen LogP contribution in [0.2, 0.25) is 0 Å². The summed E-state index contributed by atoms with van der Waals surface area (Å²) in [4.78, 5) is 10.7. The van der Waals surface area contributed by atoms with Crippen LogP contribution in [-0.2, 0) is 7.05 Å². The molecule has 1 N–H and O–H groups in total. The lowest BCUT2D eigenvalue weighted by atomic mass is 10.2. The van der Waals surface area contributed by atoms with E-state index in [2.05, 4.69) is 37.4 Å². The summed E-state index contributed by atoms with van der Waals surface area (Å²) in [6.07, 6.45) is 1.56. The van der Waals surface area contributed by atoms with Gasteiger partial charge in [-0.3, -0.25) is 4.68 Å². The van der Waals surface area contributed by atoms with Crippen LogP contribution in [0.15, 0.2) is 30.6 Å². The molecule has 0 saturated heterocycles. The maximum atomic E-state index is 4.40. The van der Waals surface area contributed by atoms with Crippen LogP contribution in [0.1, 0.15) is 5.69 Å². The summed E-state index contributed by atoms with van der Waals surface area (Å²) in [5, 5.41) is 8.70. The number of hydrogen-bond donors (Lipinski definition) is 1. The van der Waals surface area contributed by atoms with Crippen LogP contribution in [0.25, 0.3) is 11.0 Å². The van der Waals surface area contributed by atoms with Gasteiger partial charge in [0, 0.05) is 32.5 Å². The SMILES string of the molecule is Cc1nn(C)c2ncnc(Nc3ccc(N(C)C)cc3)c12. The highest BCUT2D eigenvalue weighted by atomic mass is 15.3. The minimum Gasteiger partial charge on any atom is -0.378 e. The average molecular weight is 282 g/mol. The Kier molecular flexibility index (Phi) is 3.21. The summed E-state index contributed by atoms with van der Waals surface area (Å²) in [5.74, 6) is 0.781. The zero-order valence-corrected chi connectivity index (χ0v) is 12.6. The summed E-state index contributed by atoms with van der Waals surface area (Å²) in [7, 11) is 5.93. The quantitative estimate of drug-likeness (QED) is 0.799. The highest BCUT2D eigenvalue weighted by Gasteiger charge is 2.12. The van der Waals surface area contributed by atoms with Crippen molar-refractivity contribution in [2.24, 2.45) is 7.05 Å². The van der Waals surface area contributed by atoms with Gasteiger partial charge in [-0.2, -0.15) is 5.10 Å². The van der Waals surface area contributed by atoms with Gasteiger partial charge in [-0.1, -0.05) is 0 Å². The van der Waals surface area contributed by atoms with Crippen molar-refractivity contribution in [2.45, 2.75) is 6.92 Å². The fourth-order valence-corrected chi connectivity index (χ4v) is 2.35. The fourth-order valence-electron chi connectivity index (χ4n) is 2.35. The Balaban J connectivity index is 1.98. The van der Waals surface area contributed by atoms with Crippen molar-refractivity contribution in [3.63, 3.8) is 0 Å². The summed E-state index contributed by atoms with van der Waals surface area (Å²) in [5.41, 5.74) is 3.89. The van der Waals surface area contributed by atoms with E-state index in [1.54, 1.807) is 11.0 Å². The lowest BCUT2D eigenvalue weighted by Gasteiger charge is -2.13. The van der Waals surface area contributed by atoms with Gasteiger partial charge in [0.25, 0.3) is 0 Å². The molecule has 0 bridgehead atoms. The standard InChI is InChI=1S/C15H18N6/c1-10-13-14(16-9-17-15(13)21(4)19-10)18-11-5-7-12(8-6-11)20(2)3/h5-9H,1-4H3,(H,16,17,18). The molecule has 6 nitrogen and oxygen atoms in total. The number of anilines is 3. The Morgan fingerprint density at radius 1 is 1.10 bits per heavy atom. The lowest BCUT2D eigenvalue weighted by molar-refractivity contribution is 0.773. The molecular formula is C15H18N6. The van der Waals surface area contributed by atoms with Crippen molar-refractivity contribution in [1.29, 1.82) is 0 Å². The first-order valence-corrected chi connectivity index (χ1v) is 6.75. The summed E-state index contributed by atoms with van der Waals surface area (Å²) >= 11 is 0. The van der Waals surface area contributed by atoms with Crippen molar-refractivity contribution in [2.75, 3.05) is 24.3 Å². The van der Waals surface area contributed by atoms with Crippen LogP contribution in [0.4, 0.5) is 17.2 Å². The highest BCUT2D eigenvalue weighted by Crippen LogP contribution is 2.26. The molecule has 0 aliphatic carbocycles. The number of aromatic nitrogens is 4. The van der Waals surface area contributed by atoms with Crippen molar-refractivity contribution >= 4 is 28.2 Å². The first kappa shape index (κ1) is 13.4. The maximum absolute atomic E-state index is 4.40. The molecule has 0 saturated carbocycles.